The molecule has 2 heterocycles. The molecule has 0 aromatic heterocycles. The van der Waals surface area contributed by atoms with Gasteiger partial charge in [-0.1, -0.05) is 13.8 Å². The minimum Gasteiger partial charge on any atom is -0.456 e. The highest BCUT2D eigenvalue weighted by molar-refractivity contribution is 5.67. The molecule has 2 saturated heterocycles. The summed E-state index contributed by atoms with van der Waals surface area (Å²) in [6.07, 6.45) is -1.26. The number of rotatable bonds is 2. The van der Waals surface area contributed by atoms with Gasteiger partial charge in [-0.2, -0.15) is 0 Å². The highest BCUT2D eigenvalue weighted by Crippen LogP contribution is 2.45. The summed E-state index contributed by atoms with van der Waals surface area (Å²) in [4.78, 5) is 22.2. The molecule has 2 fully saturated rings. The molecule has 6 unspecified atom stereocenters. The van der Waals surface area contributed by atoms with Crippen LogP contribution >= 0.6 is 0 Å². The fraction of sp³-hybridized carbons (Fsp3) is 0.833. The fourth-order valence-electron chi connectivity index (χ4n) is 2.81. The van der Waals surface area contributed by atoms with E-state index < -0.39 is 12.2 Å². The third-order valence-electron chi connectivity index (χ3n) is 3.76. The topological polar surface area (TPSA) is 61.8 Å². The van der Waals surface area contributed by atoms with Crippen molar-refractivity contribution < 1.29 is 23.8 Å². The van der Waals surface area contributed by atoms with E-state index in [2.05, 4.69) is 13.8 Å². The predicted molar refractivity (Wildman–Crippen MR) is 58.1 cm³/mol. The maximum Gasteiger partial charge on any atom is 0.303 e. The summed E-state index contributed by atoms with van der Waals surface area (Å²) in [5, 5.41) is 0. The van der Waals surface area contributed by atoms with Crippen LogP contribution in [0.25, 0.3) is 0 Å². The van der Waals surface area contributed by atoms with Crippen LogP contribution in [0.15, 0.2) is 0 Å². The van der Waals surface area contributed by atoms with E-state index in [1.807, 2.05) is 0 Å². The van der Waals surface area contributed by atoms with Gasteiger partial charge in [0.1, 0.15) is 12.2 Å². The molecule has 0 aliphatic carbocycles. The Bertz CT molecular complexity index is 308. The third-order valence-corrected chi connectivity index (χ3v) is 3.76. The second kappa shape index (κ2) is 4.29. The van der Waals surface area contributed by atoms with E-state index >= 15 is 0 Å². The molecule has 96 valence electrons. The molecule has 0 saturated carbocycles. The molecular weight excluding hydrogens is 224 g/mol. The average molecular weight is 242 g/mol. The highest BCUT2D eigenvalue weighted by atomic mass is 16.6. The second-order valence-corrected chi connectivity index (χ2v) is 4.93. The van der Waals surface area contributed by atoms with Gasteiger partial charge in [-0.15, -0.1) is 0 Å². The summed E-state index contributed by atoms with van der Waals surface area (Å²) in [5.74, 6) is -0.140. The predicted octanol–water partition coefficient (Wildman–Crippen LogP) is 0.903. The Hall–Kier alpha value is -1.10. The van der Waals surface area contributed by atoms with E-state index in [-0.39, 0.29) is 24.1 Å². The molecule has 2 aliphatic rings. The molecule has 0 spiro atoms. The molecule has 6 atom stereocenters. The van der Waals surface area contributed by atoms with Crippen molar-refractivity contribution in [2.24, 2.45) is 11.8 Å². The van der Waals surface area contributed by atoms with Crippen molar-refractivity contribution in [1.82, 2.24) is 0 Å². The van der Waals surface area contributed by atoms with Crippen molar-refractivity contribution in [1.29, 1.82) is 0 Å². The van der Waals surface area contributed by atoms with Gasteiger partial charge in [-0.25, -0.2) is 0 Å². The number of carbonyl (C=O) groups is 2. The first-order chi connectivity index (χ1) is 7.91. The molecule has 0 radical (unpaired) electrons. The van der Waals surface area contributed by atoms with Gasteiger partial charge in [0.25, 0.3) is 0 Å². The molecule has 2 aliphatic heterocycles. The number of fused-ring (bicyclic) bond motifs is 2. The van der Waals surface area contributed by atoms with E-state index in [1.165, 1.54) is 13.8 Å². The van der Waals surface area contributed by atoms with E-state index in [0.29, 0.717) is 11.8 Å². The van der Waals surface area contributed by atoms with Crippen LogP contribution in [0.2, 0.25) is 0 Å². The first-order valence-electron chi connectivity index (χ1n) is 5.91. The molecule has 0 aromatic carbocycles. The van der Waals surface area contributed by atoms with E-state index in [4.69, 9.17) is 14.2 Å². The normalized spacial score (nSPS) is 43.5. The summed E-state index contributed by atoms with van der Waals surface area (Å²) in [6.45, 7) is 6.83. The molecule has 17 heavy (non-hydrogen) atoms. The summed E-state index contributed by atoms with van der Waals surface area (Å²) in [6, 6.07) is 0. The van der Waals surface area contributed by atoms with Crippen molar-refractivity contribution in [3.63, 3.8) is 0 Å². The van der Waals surface area contributed by atoms with Crippen molar-refractivity contribution in [3.8, 4) is 0 Å². The minimum absolute atomic E-state index is 0.164. The largest absolute Gasteiger partial charge is 0.456 e. The minimum atomic E-state index is -0.465. The van der Waals surface area contributed by atoms with Gasteiger partial charge in [0.15, 0.2) is 12.2 Å². The van der Waals surface area contributed by atoms with Gasteiger partial charge in [0.2, 0.25) is 0 Å². The molecule has 2 bridgehead atoms. The van der Waals surface area contributed by atoms with Crippen LogP contribution in [-0.4, -0.2) is 36.4 Å². The van der Waals surface area contributed by atoms with Crippen LogP contribution in [0, 0.1) is 11.8 Å². The zero-order valence-electron chi connectivity index (χ0n) is 10.5. The Labute approximate surface area is 100 Å². The Morgan fingerprint density at radius 1 is 0.882 bits per heavy atom. The molecule has 0 amide bonds. The smallest absolute Gasteiger partial charge is 0.303 e. The van der Waals surface area contributed by atoms with Gasteiger partial charge >= 0.3 is 11.9 Å². The van der Waals surface area contributed by atoms with E-state index in [0.717, 1.165) is 0 Å². The number of ether oxygens (including phenoxy) is 3. The molecule has 5 heteroatoms. The van der Waals surface area contributed by atoms with Gasteiger partial charge in [-0.3, -0.25) is 9.59 Å². The van der Waals surface area contributed by atoms with Gasteiger partial charge < -0.3 is 14.2 Å². The van der Waals surface area contributed by atoms with Crippen LogP contribution in [-0.2, 0) is 23.8 Å². The summed E-state index contributed by atoms with van der Waals surface area (Å²) < 4.78 is 16.2. The highest BCUT2D eigenvalue weighted by Gasteiger charge is 2.59. The SMILES string of the molecule is CC(=O)OC1C2OC(C(C)C2C)C1OC(C)=O. The second-order valence-electron chi connectivity index (χ2n) is 4.93. The third kappa shape index (κ3) is 2.04. The van der Waals surface area contributed by atoms with Crippen molar-refractivity contribution in [3.05, 3.63) is 0 Å². The van der Waals surface area contributed by atoms with Crippen molar-refractivity contribution in [2.45, 2.75) is 52.1 Å². The summed E-state index contributed by atoms with van der Waals surface area (Å²) in [5.41, 5.74) is 0. The van der Waals surface area contributed by atoms with Crippen molar-refractivity contribution >= 4 is 11.9 Å². The first-order valence-corrected chi connectivity index (χ1v) is 5.91. The number of esters is 2. The quantitative estimate of drug-likeness (QED) is 0.673. The Morgan fingerprint density at radius 3 is 1.53 bits per heavy atom. The van der Waals surface area contributed by atoms with Gasteiger partial charge in [0, 0.05) is 13.8 Å². The van der Waals surface area contributed by atoms with E-state index in [9.17, 15) is 9.59 Å². The Morgan fingerprint density at radius 2 is 1.24 bits per heavy atom. The fourth-order valence-corrected chi connectivity index (χ4v) is 2.81. The van der Waals surface area contributed by atoms with Crippen molar-refractivity contribution in [2.75, 3.05) is 0 Å². The van der Waals surface area contributed by atoms with Crippen LogP contribution < -0.4 is 0 Å². The number of hydrogen-bond donors (Lipinski definition) is 0. The molecule has 0 N–H and O–H groups in total. The molecular formula is C12H18O5. The lowest BCUT2D eigenvalue weighted by atomic mass is 9.78. The molecule has 2 rings (SSSR count). The summed E-state index contributed by atoms with van der Waals surface area (Å²) >= 11 is 0. The Kier molecular flexibility index (Phi) is 3.12. The maximum atomic E-state index is 11.1. The van der Waals surface area contributed by atoms with E-state index in [1.54, 1.807) is 0 Å². The van der Waals surface area contributed by atoms with Gasteiger partial charge in [-0.05, 0) is 11.8 Å². The average Bonchev–Trinajstić information content (AvgIpc) is 2.66. The number of hydrogen-bond acceptors (Lipinski definition) is 5. The standard InChI is InChI=1S/C12H18O5/c1-5-6(2)10-12(16-8(4)14)11(9(5)17-10)15-7(3)13/h5-6,9-12H,1-4H3. The lowest BCUT2D eigenvalue weighted by Gasteiger charge is -2.33. The zero-order chi connectivity index (χ0) is 12.7. The zero-order valence-corrected chi connectivity index (χ0v) is 10.5. The monoisotopic (exact) mass is 242 g/mol. The van der Waals surface area contributed by atoms with Crippen LogP contribution in [0.3, 0.4) is 0 Å². The maximum absolute atomic E-state index is 11.1. The Balaban J connectivity index is 2.17. The molecule has 0 aromatic rings. The van der Waals surface area contributed by atoms with Crippen LogP contribution in [0.1, 0.15) is 27.7 Å². The summed E-state index contributed by atoms with van der Waals surface area (Å²) in [7, 11) is 0. The van der Waals surface area contributed by atoms with Crippen LogP contribution in [0.5, 0.6) is 0 Å². The molecule has 5 nitrogen and oxygen atoms in total. The lowest BCUT2D eigenvalue weighted by Crippen LogP contribution is -2.49. The van der Waals surface area contributed by atoms with Crippen LogP contribution in [0.4, 0.5) is 0 Å². The van der Waals surface area contributed by atoms with Gasteiger partial charge in [0.05, 0.1) is 0 Å². The number of carbonyl (C=O) groups excluding carboxylic acids is 2. The lowest BCUT2D eigenvalue weighted by molar-refractivity contribution is -0.168. The first kappa shape index (κ1) is 12.4.